The molecule has 0 aliphatic carbocycles. The van der Waals surface area contributed by atoms with Gasteiger partial charge in [0.15, 0.2) is 0 Å². The monoisotopic (exact) mass is 369 g/mol. The van der Waals surface area contributed by atoms with Crippen LogP contribution in [-0.4, -0.2) is 58.4 Å². The molecule has 2 aliphatic heterocycles. The Kier molecular flexibility index (Phi) is 5.38. The SMILES string of the molecule is Cc1cccnc1OC1CCN(c2cc(N3CCCC3CO)ncn2)CC1. The summed E-state index contributed by atoms with van der Waals surface area (Å²) in [6.07, 6.45) is 7.60. The molecule has 1 unspecified atom stereocenters. The van der Waals surface area contributed by atoms with E-state index in [9.17, 15) is 5.11 Å². The van der Waals surface area contributed by atoms with Crippen molar-refractivity contribution in [2.75, 3.05) is 36.0 Å². The first-order chi connectivity index (χ1) is 13.2. The quantitative estimate of drug-likeness (QED) is 0.866. The molecule has 0 radical (unpaired) electrons. The maximum absolute atomic E-state index is 9.57. The summed E-state index contributed by atoms with van der Waals surface area (Å²) in [5, 5.41) is 9.57. The second kappa shape index (κ2) is 8.08. The number of aliphatic hydroxyl groups excluding tert-OH is 1. The van der Waals surface area contributed by atoms with Crippen LogP contribution in [0.5, 0.6) is 5.88 Å². The first kappa shape index (κ1) is 18.0. The second-order valence-corrected chi connectivity index (χ2v) is 7.34. The van der Waals surface area contributed by atoms with Crippen molar-refractivity contribution in [2.45, 2.75) is 44.8 Å². The summed E-state index contributed by atoms with van der Waals surface area (Å²) in [5.41, 5.74) is 1.07. The minimum absolute atomic E-state index is 0.175. The Balaban J connectivity index is 1.38. The highest BCUT2D eigenvalue weighted by molar-refractivity contribution is 5.51. The van der Waals surface area contributed by atoms with Crippen molar-refractivity contribution in [1.82, 2.24) is 15.0 Å². The van der Waals surface area contributed by atoms with Gasteiger partial charge in [-0.2, -0.15) is 0 Å². The molecule has 1 atom stereocenters. The standard InChI is InChI=1S/C20H27N5O2/c1-15-4-2-8-21-20(15)27-17-6-10-24(11-7-17)18-12-19(23-14-22-18)25-9-3-5-16(25)13-26/h2,4,8,12,14,16-17,26H,3,5-7,9-11,13H2,1H3. The van der Waals surface area contributed by atoms with Crippen LogP contribution in [0.15, 0.2) is 30.7 Å². The van der Waals surface area contributed by atoms with Crippen molar-refractivity contribution in [3.8, 4) is 5.88 Å². The lowest BCUT2D eigenvalue weighted by Crippen LogP contribution is -2.39. The fourth-order valence-corrected chi connectivity index (χ4v) is 3.95. The Labute approximate surface area is 160 Å². The van der Waals surface area contributed by atoms with Crippen LogP contribution in [0.1, 0.15) is 31.2 Å². The zero-order valence-electron chi connectivity index (χ0n) is 15.8. The zero-order valence-corrected chi connectivity index (χ0v) is 15.8. The molecule has 2 aliphatic rings. The van der Waals surface area contributed by atoms with Gasteiger partial charge in [0.1, 0.15) is 24.1 Å². The van der Waals surface area contributed by atoms with Gasteiger partial charge >= 0.3 is 0 Å². The van der Waals surface area contributed by atoms with Gasteiger partial charge in [-0.25, -0.2) is 15.0 Å². The number of ether oxygens (including phenoxy) is 1. The number of hydrogen-bond donors (Lipinski definition) is 1. The Morgan fingerprint density at radius 1 is 1.11 bits per heavy atom. The normalized spacial score (nSPS) is 20.9. The zero-order chi connectivity index (χ0) is 18.6. The van der Waals surface area contributed by atoms with Gasteiger partial charge in [-0.1, -0.05) is 6.07 Å². The molecule has 0 bridgehead atoms. The fraction of sp³-hybridized carbons (Fsp3) is 0.550. The van der Waals surface area contributed by atoms with Gasteiger partial charge in [0.05, 0.1) is 12.6 Å². The average Bonchev–Trinajstić information content (AvgIpc) is 3.19. The van der Waals surface area contributed by atoms with Crippen LogP contribution in [0.4, 0.5) is 11.6 Å². The Hall–Kier alpha value is -2.41. The number of nitrogens with zero attached hydrogens (tertiary/aromatic N) is 5. The molecule has 1 N–H and O–H groups in total. The number of aryl methyl sites for hydroxylation is 1. The topological polar surface area (TPSA) is 74.6 Å². The highest BCUT2D eigenvalue weighted by Crippen LogP contribution is 2.27. The lowest BCUT2D eigenvalue weighted by Gasteiger charge is -2.33. The number of rotatable bonds is 5. The molecule has 2 aromatic rings. The van der Waals surface area contributed by atoms with E-state index in [1.54, 1.807) is 12.5 Å². The van der Waals surface area contributed by atoms with Gasteiger partial charge < -0.3 is 19.6 Å². The Bertz CT molecular complexity index is 764. The van der Waals surface area contributed by atoms with Crippen molar-refractivity contribution in [3.63, 3.8) is 0 Å². The Morgan fingerprint density at radius 3 is 2.70 bits per heavy atom. The fourth-order valence-electron chi connectivity index (χ4n) is 3.95. The Morgan fingerprint density at radius 2 is 1.93 bits per heavy atom. The first-order valence-corrected chi connectivity index (χ1v) is 9.77. The molecule has 144 valence electrons. The summed E-state index contributed by atoms with van der Waals surface area (Å²) in [4.78, 5) is 17.7. The summed E-state index contributed by atoms with van der Waals surface area (Å²) >= 11 is 0. The predicted molar refractivity (Wildman–Crippen MR) is 104 cm³/mol. The minimum atomic E-state index is 0.175. The van der Waals surface area contributed by atoms with Crippen LogP contribution in [0.3, 0.4) is 0 Å². The van der Waals surface area contributed by atoms with Gasteiger partial charge in [0.25, 0.3) is 0 Å². The molecule has 2 fully saturated rings. The van der Waals surface area contributed by atoms with Crippen LogP contribution in [-0.2, 0) is 0 Å². The number of pyridine rings is 1. The highest BCUT2D eigenvalue weighted by atomic mass is 16.5. The van der Waals surface area contributed by atoms with Crippen molar-refractivity contribution < 1.29 is 9.84 Å². The lowest BCUT2D eigenvalue weighted by atomic mass is 10.1. The maximum atomic E-state index is 9.57. The first-order valence-electron chi connectivity index (χ1n) is 9.77. The number of aromatic nitrogens is 3. The molecule has 0 spiro atoms. The van der Waals surface area contributed by atoms with Crippen LogP contribution in [0.25, 0.3) is 0 Å². The van der Waals surface area contributed by atoms with Crippen molar-refractivity contribution in [3.05, 3.63) is 36.3 Å². The molecular formula is C20H27N5O2. The van der Waals surface area contributed by atoms with E-state index < -0.39 is 0 Å². The van der Waals surface area contributed by atoms with Crippen LogP contribution < -0.4 is 14.5 Å². The summed E-state index contributed by atoms with van der Waals surface area (Å²) < 4.78 is 6.10. The minimum Gasteiger partial charge on any atom is -0.474 e. The summed E-state index contributed by atoms with van der Waals surface area (Å²) in [6.45, 7) is 4.95. The lowest BCUT2D eigenvalue weighted by molar-refractivity contribution is 0.162. The maximum Gasteiger partial charge on any atom is 0.216 e. The number of aliphatic hydroxyl groups is 1. The van der Waals surface area contributed by atoms with Crippen LogP contribution in [0.2, 0.25) is 0 Å². The highest BCUT2D eigenvalue weighted by Gasteiger charge is 2.27. The predicted octanol–water partition coefficient (Wildman–Crippen LogP) is 2.19. The molecule has 2 aromatic heterocycles. The van der Waals surface area contributed by atoms with Crippen molar-refractivity contribution in [1.29, 1.82) is 0 Å². The third-order valence-electron chi connectivity index (χ3n) is 5.53. The third kappa shape index (κ3) is 3.98. The molecule has 7 heteroatoms. The van der Waals surface area contributed by atoms with E-state index in [2.05, 4.69) is 30.8 Å². The molecule has 7 nitrogen and oxygen atoms in total. The van der Waals surface area contributed by atoms with E-state index in [4.69, 9.17) is 4.74 Å². The summed E-state index contributed by atoms with van der Waals surface area (Å²) in [6, 6.07) is 6.18. The second-order valence-electron chi connectivity index (χ2n) is 7.34. The van der Waals surface area contributed by atoms with Gasteiger partial charge in [-0.05, 0) is 25.8 Å². The van der Waals surface area contributed by atoms with Crippen molar-refractivity contribution in [2.24, 2.45) is 0 Å². The van der Waals surface area contributed by atoms with E-state index in [0.29, 0.717) is 0 Å². The summed E-state index contributed by atoms with van der Waals surface area (Å²) in [7, 11) is 0. The molecule has 27 heavy (non-hydrogen) atoms. The molecule has 4 heterocycles. The van der Waals surface area contributed by atoms with E-state index in [-0.39, 0.29) is 18.8 Å². The van der Waals surface area contributed by atoms with Gasteiger partial charge in [0, 0.05) is 50.3 Å². The summed E-state index contributed by atoms with van der Waals surface area (Å²) in [5.74, 6) is 2.61. The average molecular weight is 369 g/mol. The number of hydrogen-bond acceptors (Lipinski definition) is 7. The molecule has 0 saturated carbocycles. The smallest absolute Gasteiger partial charge is 0.216 e. The molecule has 4 rings (SSSR count). The van der Waals surface area contributed by atoms with E-state index >= 15 is 0 Å². The number of anilines is 2. The van der Waals surface area contributed by atoms with E-state index in [1.807, 2.05) is 19.1 Å². The third-order valence-corrected chi connectivity index (χ3v) is 5.53. The molecule has 0 amide bonds. The number of piperidine rings is 1. The molecular weight excluding hydrogens is 342 g/mol. The van der Waals surface area contributed by atoms with Crippen molar-refractivity contribution >= 4 is 11.6 Å². The van der Waals surface area contributed by atoms with Crippen LogP contribution in [0, 0.1) is 6.92 Å². The van der Waals surface area contributed by atoms with Gasteiger partial charge in [-0.3, -0.25) is 0 Å². The molecule has 2 saturated heterocycles. The largest absolute Gasteiger partial charge is 0.474 e. The van der Waals surface area contributed by atoms with Crippen LogP contribution >= 0.6 is 0 Å². The van der Waals surface area contributed by atoms with E-state index in [0.717, 1.165) is 68.4 Å². The van der Waals surface area contributed by atoms with Gasteiger partial charge in [0.2, 0.25) is 5.88 Å². The van der Waals surface area contributed by atoms with Gasteiger partial charge in [-0.15, -0.1) is 0 Å². The molecule has 0 aromatic carbocycles. The van der Waals surface area contributed by atoms with E-state index in [1.165, 1.54) is 0 Å².